The zero-order valence-electron chi connectivity index (χ0n) is 54.2. The van der Waals surface area contributed by atoms with Crippen LogP contribution in [0.25, 0.3) is 21.9 Å². The highest BCUT2D eigenvalue weighted by Gasteiger charge is 2.51. The van der Waals surface area contributed by atoms with E-state index >= 15 is 9.59 Å². The third-order valence-corrected chi connectivity index (χ3v) is 18.3. The number of rotatable bonds is 24. The Kier molecular flexibility index (Phi) is 21.6. The van der Waals surface area contributed by atoms with Gasteiger partial charge in [-0.2, -0.15) is 0 Å². The number of phenolic OH excluding ortho intramolecular Hbond substituents is 2. The molecule has 2 saturated heterocycles. The average molecular weight is 1330 g/mol. The maximum atomic E-state index is 15.1. The lowest BCUT2D eigenvalue weighted by molar-refractivity contribution is -0.249. The monoisotopic (exact) mass is 1330 g/mol. The van der Waals surface area contributed by atoms with Gasteiger partial charge in [-0.15, -0.1) is 0 Å². The number of benzene rings is 6. The van der Waals surface area contributed by atoms with E-state index in [1.165, 1.54) is 44.1 Å². The molecule has 0 radical (unpaired) electrons. The Morgan fingerprint density at radius 2 is 1.39 bits per heavy atom. The highest BCUT2D eigenvalue weighted by molar-refractivity contribution is 6.31. The largest absolute Gasteiger partial charge is 0.507 e. The molecule has 6 aromatic rings. The highest BCUT2D eigenvalue weighted by atomic mass is 16.7. The second-order valence-electron chi connectivity index (χ2n) is 25.5. The number of hydrogen-bond donors (Lipinski definition) is 11. The number of nitrogens with zero attached hydrogens (tertiary/aromatic N) is 1. The quantitative estimate of drug-likeness (QED) is 0.0387. The van der Waals surface area contributed by atoms with Gasteiger partial charge in [0, 0.05) is 62.3 Å². The Morgan fingerprint density at radius 3 is 2.09 bits per heavy atom. The third-order valence-electron chi connectivity index (χ3n) is 18.3. The molecule has 4 aliphatic rings. The second kappa shape index (κ2) is 30.0. The first-order valence-corrected chi connectivity index (χ1v) is 32.2. The van der Waals surface area contributed by atoms with Gasteiger partial charge in [0.2, 0.25) is 47.1 Å². The van der Waals surface area contributed by atoms with Gasteiger partial charge in [-0.25, -0.2) is 0 Å². The van der Waals surface area contributed by atoms with Gasteiger partial charge in [0.25, 0.3) is 0 Å². The van der Waals surface area contributed by atoms with E-state index in [1.807, 2.05) is 92.7 Å². The van der Waals surface area contributed by atoms with Crippen molar-refractivity contribution in [2.45, 2.75) is 139 Å². The van der Waals surface area contributed by atoms with Crippen LogP contribution in [0.5, 0.6) is 17.2 Å². The first kappa shape index (κ1) is 69.9. The molecular formula is C72H79N7O18. The smallest absolute Gasteiger partial charge is 0.243 e. The van der Waals surface area contributed by atoms with E-state index in [9.17, 15) is 63.9 Å². The van der Waals surface area contributed by atoms with Gasteiger partial charge in [-0.3, -0.25) is 47.9 Å². The molecule has 97 heavy (non-hydrogen) atoms. The standard InChI is InChI=1S/C72H79N7O18/c1-37(2)27-49(78-71(93)52-18-12-26-79(52)57(84)35-73-39(4)81)68(90)74-34-56(83)75-50(30-41-22-25-43-15-9-10-16-45(43)28-41)69(91)77-51(29-40-20-23-44(24-21-40)42-13-7-6-8-14-42)70(92)76-48-31-58(96-38(3)63(48)85)97-54-33-72(94,55(82)36-80)32-47-60(54)67(89)62-61(65(47)87)64(86)46-17-11-19-53(95-5)59(46)66(62)88/h6-11,13-17,19-25,28,37-38,48-52,54,58,63,80,85,87,89,94H,12,18,26-27,29-36H2,1-5H3,(H,73,81)(H,74,90)(H,75,83)(H,76,92)(H,77,91)(H,78,93)/t38-,48-,49-,50-,51-,52-,54-,58-,63+,72-/m0/s1. The summed E-state index contributed by atoms with van der Waals surface area (Å²) in [5, 5.41) is 76.0. The molecule has 7 amide bonds. The van der Waals surface area contributed by atoms with Crippen LogP contribution in [0, 0.1) is 5.92 Å². The van der Waals surface area contributed by atoms with Gasteiger partial charge >= 0.3 is 0 Å². The van der Waals surface area contributed by atoms with Crippen molar-refractivity contribution in [3.05, 3.63) is 160 Å². The third kappa shape index (κ3) is 15.5. The Hall–Kier alpha value is -9.92. The first-order chi connectivity index (χ1) is 46.4. The molecule has 0 aromatic heterocycles. The number of aliphatic hydroxyl groups excluding tert-OH is 2. The summed E-state index contributed by atoms with van der Waals surface area (Å²) < 4.78 is 18.0. The number of ketones is 3. The number of nitrogens with one attached hydrogen (secondary N) is 6. The zero-order chi connectivity index (χ0) is 69.6. The van der Waals surface area contributed by atoms with Crippen LogP contribution in [0.3, 0.4) is 0 Å². The van der Waals surface area contributed by atoms with Crippen LogP contribution in [0.15, 0.2) is 115 Å². The molecule has 6 aromatic carbocycles. The molecule has 510 valence electrons. The summed E-state index contributed by atoms with van der Waals surface area (Å²) in [5.74, 6) is -9.28. The summed E-state index contributed by atoms with van der Waals surface area (Å²) in [4.78, 5) is 140. The van der Waals surface area contributed by atoms with Crippen molar-refractivity contribution in [1.29, 1.82) is 0 Å². The van der Waals surface area contributed by atoms with E-state index < -0.39 is 168 Å². The van der Waals surface area contributed by atoms with Gasteiger partial charge in [-0.05, 0) is 71.2 Å². The summed E-state index contributed by atoms with van der Waals surface area (Å²) in [7, 11) is 1.28. The SMILES string of the molecule is COc1cccc2c1C(=O)c1c(O)c3c(c(O)c1C2=O)C[C@@](O)(C(=O)CO)C[C@@H]3O[C@H]1C[C@H](NC(=O)[C@H](Cc2ccc(-c3ccccc3)cc2)NC(=O)[C@H](Cc2ccc3ccccc3c2)NC(=O)CNC(=O)[C@H](CC(C)C)NC(=O)[C@@H]2CCCN2C(=O)CNC(C)=O)[C@H](O)[C@H](C)O1. The van der Waals surface area contributed by atoms with Crippen LogP contribution in [0.4, 0.5) is 0 Å². The summed E-state index contributed by atoms with van der Waals surface area (Å²) in [6.07, 6.45) is -6.83. The molecule has 25 heteroatoms. The minimum Gasteiger partial charge on any atom is -0.507 e. The Morgan fingerprint density at radius 1 is 0.722 bits per heavy atom. The fourth-order valence-corrected chi connectivity index (χ4v) is 13.3. The van der Waals surface area contributed by atoms with E-state index in [2.05, 4.69) is 31.9 Å². The minimum absolute atomic E-state index is 0.00220. The highest BCUT2D eigenvalue weighted by Crippen LogP contribution is 2.53. The maximum Gasteiger partial charge on any atom is 0.243 e. The number of carbonyl (C=O) groups excluding carboxylic acids is 10. The van der Waals surface area contributed by atoms with Crippen molar-refractivity contribution in [3.8, 4) is 28.4 Å². The molecule has 2 aliphatic carbocycles. The van der Waals surface area contributed by atoms with Crippen molar-refractivity contribution in [3.63, 3.8) is 0 Å². The number of hydrogen-bond acceptors (Lipinski definition) is 18. The van der Waals surface area contributed by atoms with Gasteiger partial charge < -0.3 is 76.5 Å². The van der Waals surface area contributed by atoms with Crippen LogP contribution in [-0.2, 0) is 67.1 Å². The van der Waals surface area contributed by atoms with E-state index in [1.54, 1.807) is 18.2 Å². The number of Topliss-reactive ketones (excluding diaryl/α,β-unsaturated/α-hetero) is 1. The van der Waals surface area contributed by atoms with Crippen LogP contribution in [-0.4, -0.2) is 177 Å². The van der Waals surface area contributed by atoms with Crippen molar-refractivity contribution >= 4 is 69.5 Å². The molecule has 10 rings (SSSR count). The molecular weight excluding hydrogens is 1250 g/mol. The lowest BCUT2D eigenvalue weighted by Gasteiger charge is -2.43. The number of aromatic hydroxyl groups is 2. The lowest BCUT2D eigenvalue weighted by Crippen LogP contribution is -2.60. The number of amides is 7. The van der Waals surface area contributed by atoms with Crippen molar-refractivity contribution < 1.29 is 87.7 Å². The summed E-state index contributed by atoms with van der Waals surface area (Å²) in [5.41, 5.74) is -1.71. The number of likely N-dealkylation sites (tertiary alicyclic amines) is 1. The van der Waals surface area contributed by atoms with Gasteiger partial charge in [0.1, 0.15) is 59.7 Å². The van der Waals surface area contributed by atoms with E-state index in [-0.39, 0.29) is 72.7 Å². The molecule has 0 unspecified atom stereocenters. The molecule has 0 saturated carbocycles. The topological polar surface area (TPSA) is 375 Å². The molecule has 11 N–H and O–H groups in total. The Bertz CT molecular complexity index is 4050. The number of ether oxygens (including phenoxy) is 3. The predicted octanol–water partition coefficient (Wildman–Crippen LogP) is 3.21. The number of phenols is 2. The molecule has 2 fully saturated rings. The number of methoxy groups -OCH3 is 1. The van der Waals surface area contributed by atoms with Crippen LogP contribution >= 0.6 is 0 Å². The second-order valence-corrected chi connectivity index (χ2v) is 25.5. The lowest BCUT2D eigenvalue weighted by atomic mass is 9.72. The van der Waals surface area contributed by atoms with Crippen molar-refractivity contribution in [1.82, 2.24) is 36.8 Å². The minimum atomic E-state index is -2.49. The normalized spacial score (nSPS) is 21.2. The summed E-state index contributed by atoms with van der Waals surface area (Å²) >= 11 is 0. The van der Waals surface area contributed by atoms with Crippen LogP contribution in [0.2, 0.25) is 0 Å². The maximum absolute atomic E-state index is 15.1. The van der Waals surface area contributed by atoms with Gasteiger partial charge in [0.05, 0.1) is 55.1 Å². The van der Waals surface area contributed by atoms with E-state index in [0.29, 0.717) is 24.0 Å². The van der Waals surface area contributed by atoms with Crippen molar-refractivity contribution in [2.75, 3.05) is 33.4 Å². The number of aliphatic hydroxyl groups is 3. The van der Waals surface area contributed by atoms with Crippen LogP contribution in [0.1, 0.15) is 120 Å². The predicted molar refractivity (Wildman–Crippen MR) is 351 cm³/mol. The molecule has 10 atom stereocenters. The van der Waals surface area contributed by atoms with Crippen LogP contribution < -0.4 is 36.6 Å². The van der Waals surface area contributed by atoms with Gasteiger partial charge in [-0.1, -0.05) is 123 Å². The zero-order valence-corrected chi connectivity index (χ0v) is 54.2. The Balaban J connectivity index is 0.911. The molecule has 0 bridgehead atoms. The molecule has 2 aliphatic heterocycles. The summed E-state index contributed by atoms with van der Waals surface area (Å²) in [6.45, 7) is 4.55. The fraction of sp³-hybridized carbons (Fsp3) is 0.389. The van der Waals surface area contributed by atoms with E-state index in [4.69, 9.17) is 14.2 Å². The number of carbonyl (C=O) groups is 10. The van der Waals surface area contributed by atoms with Crippen molar-refractivity contribution in [2.24, 2.45) is 5.92 Å². The number of fused-ring (bicyclic) bond motifs is 4. The Labute approximate surface area is 558 Å². The molecule has 2 heterocycles. The van der Waals surface area contributed by atoms with Gasteiger partial charge in [0.15, 0.2) is 17.9 Å². The van der Waals surface area contributed by atoms with E-state index in [0.717, 1.165) is 21.9 Å². The molecule has 25 nitrogen and oxygen atoms in total. The average Bonchev–Trinajstić information content (AvgIpc) is 0.977. The molecule has 0 spiro atoms. The summed E-state index contributed by atoms with van der Waals surface area (Å²) in [6, 6.07) is 27.8. The fourth-order valence-electron chi connectivity index (χ4n) is 13.3. The first-order valence-electron chi connectivity index (χ1n) is 32.2.